The highest BCUT2D eigenvalue weighted by molar-refractivity contribution is 5.70. The van der Waals surface area contributed by atoms with Crippen molar-refractivity contribution in [1.82, 2.24) is 35.3 Å². The Hall–Kier alpha value is -3.14. The normalized spacial score (nSPS) is 30.5. The summed E-state index contributed by atoms with van der Waals surface area (Å²) in [4.78, 5) is 10.8. The van der Waals surface area contributed by atoms with Crippen LogP contribution in [-0.4, -0.2) is 64.4 Å². The largest absolute Gasteiger partial charge is 0.507 e. The fourth-order valence-corrected chi connectivity index (χ4v) is 5.76. The standard InChI is InChI=1S/C24H29FN8O/c1-23-8-9-24(2,31-23)20(25)17(11-23)33(15-5-6-15)19-12-26-22(29-28-19)16-7-4-14(10-18(16)34)21-27-13-32(3)30-21/h4,7,10,12-13,15,17,20,31,34H,5-6,8-9,11H2,1-3H3/t17-,20-,23-,24+/m1/s1. The molecule has 9 nitrogen and oxygen atoms in total. The number of nitrogens with one attached hydrogen (secondary N) is 1. The van der Waals surface area contributed by atoms with Crippen LogP contribution in [0.2, 0.25) is 0 Å². The Morgan fingerprint density at radius 3 is 2.62 bits per heavy atom. The van der Waals surface area contributed by atoms with Crippen molar-refractivity contribution in [3.8, 4) is 28.5 Å². The van der Waals surface area contributed by atoms with Crippen molar-refractivity contribution in [3.05, 3.63) is 30.7 Å². The number of fused-ring (bicyclic) bond motifs is 2. The van der Waals surface area contributed by atoms with Crippen molar-refractivity contribution in [2.75, 3.05) is 4.90 Å². The lowest BCUT2D eigenvalue weighted by atomic mass is 9.82. The predicted octanol–water partition coefficient (Wildman–Crippen LogP) is 3.02. The van der Waals surface area contributed by atoms with Crippen LogP contribution in [0.1, 0.15) is 46.0 Å². The van der Waals surface area contributed by atoms with Gasteiger partial charge in [-0.3, -0.25) is 4.68 Å². The summed E-state index contributed by atoms with van der Waals surface area (Å²) in [5.41, 5.74) is 0.593. The number of phenolic OH excluding ortho intramolecular Hbond substituents is 1. The smallest absolute Gasteiger partial charge is 0.185 e. The summed E-state index contributed by atoms with van der Waals surface area (Å²) in [5, 5.41) is 27.2. The lowest BCUT2D eigenvalue weighted by Crippen LogP contribution is -2.66. The van der Waals surface area contributed by atoms with Gasteiger partial charge < -0.3 is 15.3 Å². The molecule has 1 aliphatic carbocycles. The summed E-state index contributed by atoms with van der Waals surface area (Å²) < 4.78 is 17.4. The van der Waals surface area contributed by atoms with Crippen LogP contribution in [-0.2, 0) is 7.05 Å². The van der Waals surface area contributed by atoms with Gasteiger partial charge in [0.05, 0.1) is 17.8 Å². The average molecular weight is 465 g/mol. The number of phenols is 1. The zero-order valence-corrected chi connectivity index (χ0v) is 19.6. The van der Waals surface area contributed by atoms with E-state index in [0.29, 0.717) is 28.6 Å². The molecule has 1 aromatic carbocycles. The molecule has 10 heteroatoms. The first-order valence-corrected chi connectivity index (χ1v) is 11.9. The van der Waals surface area contributed by atoms with Gasteiger partial charge >= 0.3 is 0 Å². The van der Waals surface area contributed by atoms with Gasteiger partial charge in [-0.1, -0.05) is 6.07 Å². The SMILES string of the molecule is Cn1cnc(-c2ccc(-c3ncc(N(C4CC4)[C@@H]4C[C@@]5(C)CC[C@](C)(N5)[C@@H]4F)nn3)c(O)c2)n1. The number of benzene rings is 1. The van der Waals surface area contributed by atoms with Crippen molar-refractivity contribution in [2.45, 2.75) is 75.3 Å². The number of aromatic hydroxyl groups is 1. The maximum atomic E-state index is 15.8. The molecule has 3 fully saturated rings. The summed E-state index contributed by atoms with van der Waals surface area (Å²) >= 11 is 0. The molecular weight excluding hydrogens is 435 g/mol. The first-order valence-electron chi connectivity index (χ1n) is 11.9. The van der Waals surface area contributed by atoms with E-state index in [-0.39, 0.29) is 23.4 Å². The summed E-state index contributed by atoms with van der Waals surface area (Å²) in [7, 11) is 1.79. The molecule has 0 radical (unpaired) electrons. The van der Waals surface area contributed by atoms with E-state index in [0.717, 1.165) is 32.1 Å². The van der Waals surface area contributed by atoms with Crippen molar-refractivity contribution in [2.24, 2.45) is 7.05 Å². The highest BCUT2D eigenvalue weighted by Gasteiger charge is 2.58. The number of anilines is 1. The van der Waals surface area contributed by atoms with Gasteiger partial charge in [-0.25, -0.2) is 14.4 Å². The molecule has 0 amide bonds. The molecule has 1 saturated carbocycles. The number of hydrogen-bond acceptors (Lipinski definition) is 8. The Balaban J connectivity index is 1.28. The average Bonchev–Trinajstić information content (AvgIpc) is 3.48. The first kappa shape index (κ1) is 21.4. The second kappa shape index (κ2) is 7.43. The Morgan fingerprint density at radius 1 is 1.15 bits per heavy atom. The van der Waals surface area contributed by atoms with Crippen LogP contribution in [0.3, 0.4) is 0 Å². The Morgan fingerprint density at radius 2 is 1.97 bits per heavy atom. The van der Waals surface area contributed by atoms with Crippen LogP contribution < -0.4 is 10.2 Å². The molecule has 4 atom stereocenters. The number of hydrogen-bond donors (Lipinski definition) is 2. The van der Waals surface area contributed by atoms with E-state index in [9.17, 15) is 5.11 Å². The van der Waals surface area contributed by atoms with E-state index in [1.54, 1.807) is 36.4 Å². The highest BCUT2D eigenvalue weighted by atomic mass is 19.1. The van der Waals surface area contributed by atoms with E-state index in [4.69, 9.17) is 0 Å². The maximum Gasteiger partial charge on any atom is 0.185 e. The number of alkyl halides is 1. The quantitative estimate of drug-likeness (QED) is 0.594. The summed E-state index contributed by atoms with van der Waals surface area (Å²) in [5.74, 6) is 1.47. The molecule has 2 bridgehead atoms. The van der Waals surface area contributed by atoms with Crippen LogP contribution in [0, 0.1) is 0 Å². The van der Waals surface area contributed by atoms with Crippen LogP contribution in [0.4, 0.5) is 10.2 Å². The van der Waals surface area contributed by atoms with E-state index < -0.39 is 11.7 Å². The van der Waals surface area contributed by atoms with Crippen LogP contribution in [0.25, 0.3) is 22.8 Å². The van der Waals surface area contributed by atoms with Gasteiger partial charge in [0.1, 0.15) is 18.2 Å². The van der Waals surface area contributed by atoms with E-state index in [1.165, 1.54) is 0 Å². The molecule has 2 aromatic heterocycles. The highest BCUT2D eigenvalue weighted by Crippen LogP contribution is 2.47. The molecule has 0 unspecified atom stereocenters. The second-order valence-electron chi connectivity index (χ2n) is 10.5. The Labute approximate surface area is 197 Å². The minimum absolute atomic E-state index is 0.0261. The van der Waals surface area contributed by atoms with Crippen molar-refractivity contribution < 1.29 is 9.50 Å². The molecule has 3 aliphatic rings. The third kappa shape index (κ3) is 3.51. The van der Waals surface area contributed by atoms with Gasteiger partial charge in [0, 0.05) is 29.7 Å². The maximum absolute atomic E-state index is 15.8. The molecule has 0 spiro atoms. The van der Waals surface area contributed by atoms with Gasteiger partial charge in [0.15, 0.2) is 17.5 Å². The minimum atomic E-state index is -0.998. The first-order chi connectivity index (χ1) is 16.2. The third-order valence-electron chi connectivity index (χ3n) is 7.60. The Kier molecular flexibility index (Phi) is 4.68. The van der Waals surface area contributed by atoms with Crippen molar-refractivity contribution >= 4 is 5.82 Å². The number of piperidine rings is 1. The molecular formula is C24H29FN8O. The van der Waals surface area contributed by atoms with Gasteiger partial charge in [0.2, 0.25) is 0 Å². The number of aromatic nitrogens is 6. The van der Waals surface area contributed by atoms with Crippen LogP contribution >= 0.6 is 0 Å². The molecule has 2 saturated heterocycles. The number of halogens is 1. The van der Waals surface area contributed by atoms with Crippen molar-refractivity contribution in [1.29, 1.82) is 0 Å². The number of nitrogens with zero attached hydrogens (tertiary/aromatic N) is 7. The minimum Gasteiger partial charge on any atom is -0.507 e. The fraction of sp³-hybridized carbons (Fsp3) is 0.542. The molecule has 4 heterocycles. The molecule has 2 N–H and O–H groups in total. The molecule has 34 heavy (non-hydrogen) atoms. The van der Waals surface area contributed by atoms with Gasteiger partial charge in [0.25, 0.3) is 0 Å². The van der Waals surface area contributed by atoms with E-state index in [1.807, 2.05) is 13.0 Å². The van der Waals surface area contributed by atoms with Crippen LogP contribution in [0.5, 0.6) is 5.75 Å². The zero-order chi connectivity index (χ0) is 23.7. The van der Waals surface area contributed by atoms with Gasteiger partial charge in [-0.2, -0.15) is 5.10 Å². The summed E-state index contributed by atoms with van der Waals surface area (Å²) in [6.07, 6.45) is 6.87. The van der Waals surface area contributed by atoms with Gasteiger partial charge in [-0.05, 0) is 58.1 Å². The number of rotatable bonds is 5. The second-order valence-corrected chi connectivity index (χ2v) is 10.5. The van der Waals surface area contributed by atoms with E-state index in [2.05, 4.69) is 42.4 Å². The topological polar surface area (TPSA) is 105 Å². The monoisotopic (exact) mass is 464 g/mol. The molecule has 2 aliphatic heterocycles. The fourth-order valence-electron chi connectivity index (χ4n) is 5.76. The lowest BCUT2D eigenvalue weighted by molar-refractivity contribution is 0.0831. The third-order valence-corrected chi connectivity index (χ3v) is 7.60. The Bertz CT molecular complexity index is 1230. The van der Waals surface area contributed by atoms with E-state index >= 15 is 4.39 Å². The molecule has 3 aromatic rings. The zero-order valence-electron chi connectivity index (χ0n) is 19.6. The van der Waals surface area contributed by atoms with Crippen molar-refractivity contribution in [3.63, 3.8) is 0 Å². The summed E-state index contributed by atoms with van der Waals surface area (Å²) in [6.45, 7) is 4.20. The molecule has 6 rings (SSSR count). The number of aryl methyl sites for hydroxylation is 1. The van der Waals surface area contributed by atoms with Gasteiger partial charge in [-0.15, -0.1) is 10.2 Å². The van der Waals surface area contributed by atoms with Crippen LogP contribution in [0.15, 0.2) is 30.7 Å². The predicted molar refractivity (Wildman–Crippen MR) is 125 cm³/mol. The summed E-state index contributed by atoms with van der Waals surface area (Å²) in [6, 6.07) is 5.16. The lowest BCUT2D eigenvalue weighted by Gasteiger charge is -2.48. The molecule has 178 valence electrons.